The summed E-state index contributed by atoms with van der Waals surface area (Å²) in [4.78, 5) is 25.8. The number of anilines is 1. The van der Waals surface area contributed by atoms with Crippen molar-refractivity contribution in [3.63, 3.8) is 0 Å². The van der Waals surface area contributed by atoms with Crippen molar-refractivity contribution in [3.05, 3.63) is 29.3 Å². The molecule has 0 atom stereocenters. The van der Waals surface area contributed by atoms with E-state index in [-0.39, 0.29) is 30.9 Å². The van der Waals surface area contributed by atoms with Gasteiger partial charge in [0.2, 0.25) is 5.91 Å². The Morgan fingerprint density at radius 1 is 1.03 bits per heavy atom. The average molecular weight is 469 g/mol. The van der Waals surface area contributed by atoms with Crippen molar-refractivity contribution in [3.8, 4) is 0 Å². The molecule has 0 bridgehead atoms. The van der Waals surface area contributed by atoms with Crippen LogP contribution in [0.4, 0.5) is 36.8 Å². The van der Waals surface area contributed by atoms with Gasteiger partial charge in [-0.3, -0.25) is 10.1 Å². The standard InChI is InChI=1S/C20H25F6N3O3/c1-18(2,27)10-16(30)29-5-3-12(4-6-29)11-32-17(31)28-15-8-13(19(21,22)23)7-14(9-15)20(24,25)26/h7-9,12H,3-6,10-11,27H2,1-2H3,(H,28,31). The van der Waals surface area contributed by atoms with Crippen LogP contribution in [-0.2, 0) is 21.9 Å². The first-order valence-electron chi connectivity index (χ1n) is 9.84. The fraction of sp³-hybridized carbons (Fsp3) is 0.600. The van der Waals surface area contributed by atoms with Crippen molar-refractivity contribution >= 4 is 17.7 Å². The molecule has 0 aliphatic carbocycles. The van der Waals surface area contributed by atoms with Gasteiger partial charge >= 0.3 is 18.4 Å². The van der Waals surface area contributed by atoms with E-state index in [1.807, 2.05) is 5.32 Å². The number of carbonyl (C=O) groups is 2. The number of benzene rings is 1. The molecule has 1 aliphatic heterocycles. The summed E-state index contributed by atoms with van der Waals surface area (Å²) in [6.45, 7) is 4.28. The molecule has 6 nitrogen and oxygen atoms in total. The molecule has 0 radical (unpaired) electrons. The summed E-state index contributed by atoms with van der Waals surface area (Å²) in [5.74, 6) is -0.178. The Balaban J connectivity index is 1.91. The van der Waals surface area contributed by atoms with E-state index in [1.165, 1.54) is 0 Å². The molecule has 1 aromatic carbocycles. The van der Waals surface area contributed by atoms with Gasteiger partial charge in [-0.2, -0.15) is 26.3 Å². The van der Waals surface area contributed by atoms with Gasteiger partial charge in [-0.1, -0.05) is 0 Å². The monoisotopic (exact) mass is 469 g/mol. The highest BCUT2D eigenvalue weighted by Crippen LogP contribution is 2.37. The Kier molecular flexibility index (Phi) is 7.69. The van der Waals surface area contributed by atoms with E-state index in [4.69, 9.17) is 10.5 Å². The Labute approximate surface area is 181 Å². The minimum absolute atomic E-state index is 0.0304. The van der Waals surface area contributed by atoms with Gasteiger partial charge in [0.15, 0.2) is 0 Å². The van der Waals surface area contributed by atoms with Crippen molar-refractivity contribution < 1.29 is 40.7 Å². The lowest BCUT2D eigenvalue weighted by molar-refractivity contribution is -0.143. The molecule has 0 spiro atoms. The summed E-state index contributed by atoms with van der Waals surface area (Å²) < 4.78 is 82.4. The van der Waals surface area contributed by atoms with E-state index in [1.54, 1.807) is 18.7 Å². The third kappa shape index (κ3) is 7.88. The number of piperidine rings is 1. The second kappa shape index (κ2) is 9.55. The summed E-state index contributed by atoms with van der Waals surface area (Å²) >= 11 is 0. The number of nitrogens with zero attached hydrogens (tertiary/aromatic N) is 1. The van der Waals surface area contributed by atoms with Crippen LogP contribution >= 0.6 is 0 Å². The highest BCUT2D eigenvalue weighted by molar-refractivity contribution is 5.85. The highest BCUT2D eigenvalue weighted by Gasteiger charge is 2.37. The van der Waals surface area contributed by atoms with Crippen LogP contribution in [0.5, 0.6) is 0 Å². The molecule has 1 saturated heterocycles. The minimum Gasteiger partial charge on any atom is -0.449 e. The summed E-state index contributed by atoms with van der Waals surface area (Å²) in [6, 6.07) is 0.774. The fourth-order valence-corrected chi connectivity index (χ4v) is 3.23. The number of carbonyl (C=O) groups excluding carboxylic acids is 2. The van der Waals surface area contributed by atoms with Gasteiger partial charge in [0, 0.05) is 30.7 Å². The first-order chi connectivity index (χ1) is 14.5. The van der Waals surface area contributed by atoms with E-state index in [0.29, 0.717) is 38.1 Å². The van der Waals surface area contributed by atoms with Crippen LogP contribution in [0, 0.1) is 5.92 Å². The largest absolute Gasteiger partial charge is 0.449 e. The quantitative estimate of drug-likeness (QED) is 0.616. The van der Waals surface area contributed by atoms with Crippen LogP contribution in [0.1, 0.15) is 44.2 Å². The summed E-state index contributed by atoms with van der Waals surface area (Å²) in [5, 5.41) is 1.92. The molecule has 32 heavy (non-hydrogen) atoms. The summed E-state index contributed by atoms with van der Waals surface area (Å²) in [5.41, 5.74) is 1.45. The number of hydrogen-bond donors (Lipinski definition) is 2. The first kappa shape index (κ1) is 25.8. The highest BCUT2D eigenvalue weighted by atomic mass is 19.4. The molecular formula is C20H25F6N3O3. The molecule has 1 aliphatic rings. The molecule has 180 valence electrons. The van der Waals surface area contributed by atoms with Crippen LogP contribution in [0.25, 0.3) is 0 Å². The van der Waals surface area contributed by atoms with E-state index in [2.05, 4.69) is 0 Å². The zero-order valence-corrected chi connectivity index (χ0v) is 17.6. The molecule has 1 heterocycles. The van der Waals surface area contributed by atoms with Crippen molar-refractivity contribution in [1.29, 1.82) is 0 Å². The van der Waals surface area contributed by atoms with Crippen molar-refractivity contribution in [2.24, 2.45) is 11.7 Å². The third-order valence-corrected chi connectivity index (χ3v) is 4.86. The van der Waals surface area contributed by atoms with Gasteiger partial charge in [0.05, 0.1) is 17.7 Å². The molecule has 0 saturated carbocycles. The predicted molar refractivity (Wildman–Crippen MR) is 104 cm³/mol. The van der Waals surface area contributed by atoms with Crippen LogP contribution in [0.15, 0.2) is 18.2 Å². The minimum atomic E-state index is -5.02. The lowest BCUT2D eigenvalue weighted by Gasteiger charge is -2.33. The average Bonchev–Trinajstić information content (AvgIpc) is 2.64. The molecule has 1 aromatic rings. The Morgan fingerprint density at radius 2 is 1.53 bits per heavy atom. The van der Waals surface area contributed by atoms with Gasteiger partial charge in [0.1, 0.15) is 0 Å². The first-order valence-corrected chi connectivity index (χ1v) is 9.84. The molecule has 12 heteroatoms. The zero-order chi connectivity index (χ0) is 24.3. The van der Waals surface area contributed by atoms with Crippen LogP contribution in [-0.4, -0.2) is 42.1 Å². The number of rotatable bonds is 5. The van der Waals surface area contributed by atoms with Crippen molar-refractivity contribution in [2.45, 2.75) is 51.0 Å². The van der Waals surface area contributed by atoms with Crippen molar-refractivity contribution in [2.75, 3.05) is 25.0 Å². The smallest absolute Gasteiger partial charge is 0.416 e. The number of alkyl halides is 6. The van der Waals surface area contributed by atoms with Gasteiger partial charge in [-0.25, -0.2) is 4.79 Å². The summed E-state index contributed by atoms with van der Waals surface area (Å²) in [6.07, 6.45) is -9.95. The summed E-state index contributed by atoms with van der Waals surface area (Å²) in [7, 11) is 0. The lowest BCUT2D eigenvalue weighted by Crippen LogP contribution is -2.44. The van der Waals surface area contributed by atoms with E-state index < -0.39 is 40.8 Å². The lowest BCUT2D eigenvalue weighted by atomic mass is 9.96. The maximum atomic E-state index is 12.9. The van der Waals surface area contributed by atoms with E-state index in [9.17, 15) is 35.9 Å². The molecule has 3 N–H and O–H groups in total. The number of nitrogens with two attached hydrogens (primary N) is 1. The van der Waals surface area contributed by atoms with E-state index >= 15 is 0 Å². The van der Waals surface area contributed by atoms with Crippen LogP contribution in [0.3, 0.4) is 0 Å². The molecule has 0 unspecified atom stereocenters. The Hall–Kier alpha value is -2.50. The Bertz CT molecular complexity index is 793. The maximum absolute atomic E-state index is 12.9. The number of hydrogen-bond acceptors (Lipinski definition) is 4. The molecule has 1 fully saturated rings. The van der Waals surface area contributed by atoms with Crippen LogP contribution < -0.4 is 11.1 Å². The Morgan fingerprint density at radius 3 is 1.97 bits per heavy atom. The molecular weight excluding hydrogens is 444 g/mol. The van der Waals surface area contributed by atoms with Crippen LogP contribution in [0.2, 0.25) is 0 Å². The zero-order valence-electron chi connectivity index (χ0n) is 17.6. The number of nitrogens with one attached hydrogen (secondary N) is 1. The molecule has 2 rings (SSSR count). The van der Waals surface area contributed by atoms with Crippen molar-refractivity contribution in [1.82, 2.24) is 4.90 Å². The van der Waals surface area contributed by atoms with Gasteiger partial charge in [0.25, 0.3) is 0 Å². The number of ether oxygens (including phenoxy) is 1. The second-order valence-corrected chi connectivity index (χ2v) is 8.51. The number of amides is 2. The molecule has 0 aromatic heterocycles. The SMILES string of the molecule is CC(C)(N)CC(=O)N1CCC(COC(=O)Nc2cc(C(F)(F)F)cc(C(F)(F)F)c2)CC1. The van der Waals surface area contributed by atoms with Gasteiger partial charge in [-0.05, 0) is 50.8 Å². The van der Waals surface area contributed by atoms with Gasteiger partial charge in [-0.15, -0.1) is 0 Å². The number of halogens is 6. The fourth-order valence-electron chi connectivity index (χ4n) is 3.23. The predicted octanol–water partition coefficient (Wildman–Crippen LogP) is 4.64. The number of likely N-dealkylation sites (tertiary alicyclic amines) is 1. The third-order valence-electron chi connectivity index (χ3n) is 4.86. The van der Waals surface area contributed by atoms with E-state index in [0.717, 1.165) is 0 Å². The molecule has 2 amide bonds. The maximum Gasteiger partial charge on any atom is 0.416 e. The topological polar surface area (TPSA) is 84.7 Å². The van der Waals surface area contributed by atoms with Gasteiger partial charge < -0.3 is 15.4 Å². The second-order valence-electron chi connectivity index (χ2n) is 8.51. The normalized spacial score (nSPS) is 16.1.